The Morgan fingerprint density at radius 3 is 2.41 bits per heavy atom. The first kappa shape index (κ1) is 18.9. The Bertz CT molecular complexity index is 949. The van der Waals surface area contributed by atoms with Gasteiger partial charge in [0.2, 0.25) is 0 Å². The molecule has 136 valence electrons. The van der Waals surface area contributed by atoms with Crippen molar-refractivity contribution in [2.75, 3.05) is 6.61 Å². The Hall–Kier alpha value is -2.85. The van der Waals surface area contributed by atoms with Gasteiger partial charge >= 0.3 is 5.97 Å². The third kappa shape index (κ3) is 5.08. The number of ether oxygens (including phenoxy) is 2. The van der Waals surface area contributed by atoms with Gasteiger partial charge in [-0.25, -0.2) is 4.79 Å². The zero-order valence-corrected chi connectivity index (χ0v) is 16.5. The predicted octanol–water partition coefficient (Wildman–Crippen LogP) is 6.13. The Labute approximate surface area is 167 Å². The average molecular weight is 423 g/mol. The van der Waals surface area contributed by atoms with E-state index in [-0.39, 0.29) is 0 Å². The van der Waals surface area contributed by atoms with Crippen LogP contribution in [0.15, 0.2) is 83.3 Å². The third-order valence-electron chi connectivity index (χ3n) is 3.87. The first-order valence-electron chi connectivity index (χ1n) is 8.64. The lowest BCUT2D eigenvalue weighted by molar-refractivity contribution is -0.128. The van der Waals surface area contributed by atoms with Crippen LogP contribution in [0.5, 0.6) is 11.5 Å². The Balaban J connectivity index is 1.71. The minimum atomic E-state index is -0.450. The molecule has 0 aliphatic rings. The summed E-state index contributed by atoms with van der Waals surface area (Å²) in [7, 11) is 0. The van der Waals surface area contributed by atoms with Crippen LogP contribution in [0.25, 0.3) is 17.2 Å². The van der Waals surface area contributed by atoms with Crippen LogP contribution in [0.2, 0.25) is 0 Å². The molecule has 3 rings (SSSR count). The van der Waals surface area contributed by atoms with Crippen molar-refractivity contribution in [1.29, 1.82) is 0 Å². The maximum absolute atomic E-state index is 12.2. The largest absolute Gasteiger partial charge is 0.493 e. The lowest BCUT2D eigenvalue weighted by Crippen LogP contribution is -2.04. The first-order valence-corrected chi connectivity index (χ1v) is 9.43. The number of hydrogen-bond acceptors (Lipinski definition) is 3. The van der Waals surface area contributed by atoms with E-state index >= 15 is 0 Å². The molecule has 27 heavy (non-hydrogen) atoms. The number of para-hydroxylation sites is 1. The molecule has 4 heteroatoms. The predicted molar refractivity (Wildman–Crippen MR) is 112 cm³/mol. The van der Waals surface area contributed by atoms with Gasteiger partial charge in [-0.1, -0.05) is 54.6 Å². The molecule has 0 N–H and O–H groups in total. The topological polar surface area (TPSA) is 35.5 Å². The molecule has 0 atom stereocenters. The Morgan fingerprint density at radius 1 is 0.926 bits per heavy atom. The SMILES string of the molecule is CCOc1ccccc1/C=C/C(=O)Oc1ccc(-c2ccccc2)cc1Br. The summed E-state index contributed by atoms with van der Waals surface area (Å²) in [5.74, 6) is 0.759. The molecule has 0 bridgehead atoms. The van der Waals surface area contributed by atoms with Crippen LogP contribution in [0.3, 0.4) is 0 Å². The number of halogens is 1. The van der Waals surface area contributed by atoms with E-state index in [9.17, 15) is 4.79 Å². The number of carbonyl (C=O) groups excluding carboxylic acids is 1. The molecule has 0 spiro atoms. The quantitative estimate of drug-likeness (QED) is 0.272. The summed E-state index contributed by atoms with van der Waals surface area (Å²) in [6, 6.07) is 23.2. The molecule has 0 saturated heterocycles. The van der Waals surface area contributed by atoms with Crippen LogP contribution in [-0.4, -0.2) is 12.6 Å². The lowest BCUT2D eigenvalue weighted by atomic mass is 10.1. The number of hydrogen-bond donors (Lipinski definition) is 0. The smallest absolute Gasteiger partial charge is 0.336 e. The van der Waals surface area contributed by atoms with E-state index in [4.69, 9.17) is 9.47 Å². The molecular formula is C23H19BrO3. The van der Waals surface area contributed by atoms with Gasteiger partial charge in [0, 0.05) is 11.6 Å². The maximum Gasteiger partial charge on any atom is 0.336 e. The molecule has 0 aromatic heterocycles. The van der Waals surface area contributed by atoms with Crippen LogP contribution < -0.4 is 9.47 Å². The number of carbonyl (C=O) groups is 1. The van der Waals surface area contributed by atoms with Crippen molar-refractivity contribution in [2.24, 2.45) is 0 Å². The number of rotatable bonds is 6. The van der Waals surface area contributed by atoms with Crippen molar-refractivity contribution in [3.63, 3.8) is 0 Å². The normalized spacial score (nSPS) is 10.7. The molecule has 3 aromatic rings. The van der Waals surface area contributed by atoms with Crippen molar-refractivity contribution in [1.82, 2.24) is 0 Å². The average Bonchev–Trinajstić information content (AvgIpc) is 2.70. The molecule has 3 nitrogen and oxygen atoms in total. The summed E-state index contributed by atoms with van der Waals surface area (Å²) < 4.78 is 11.7. The summed E-state index contributed by atoms with van der Waals surface area (Å²) in [6.07, 6.45) is 3.09. The first-order chi connectivity index (χ1) is 13.2. The summed E-state index contributed by atoms with van der Waals surface area (Å²) in [5.41, 5.74) is 2.97. The molecule has 0 amide bonds. The molecule has 0 unspecified atom stereocenters. The minimum absolute atomic E-state index is 0.450. The van der Waals surface area contributed by atoms with Crippen LogP contribution in [0, 0.1) is 0 Å². The van der Waals surface area contributed by atoms with Gasteiger partial charge < -0.3 is 9.47 Å². The van der Waals surface area contributed by atoms with Gasteiger partial charge in [-0.05, 0) is 58.3 Å². The standard InChI is InChI=1S/C23H19BrO3/c1-2-26-21-11-7-6-10-18(21)13-15-23(25)27-22-14-12-19(16-20(22)24)17-8-4-3-5-9-17/h3-16H,2H2,1H3/b15-13+. The van der Waals surface area contributed by atoms with Crippen molar-refractivity contribution in [3.8, 4) is 22.6 Å². The summed E-state index contributed by atoms with van der Waals surface area (Å²) >= 11 is 3.48. The molecular weight excluding hydrogens is 404 g/mol. The fraction of sp³-hybridized carbons (Fsp3) is 0.0870. The van der Waals surface area contributed by atoms with Crippen molar-refractivity contribution >= 4 is 28.0 Å². The van der Waals surface area contributed by atoms with Crippen LogP contribution in [0.1, 0.15) is 12.5 Å². The number of esters is 1. The van der Waals surface area contributed by atoms with E-state index in [2.05, 4.69) is 15.9 Å². The molecule has 3 aromatic carbocycles. The maximum atomic E-state index is 12.2. The highest BCUT2D eigenvalue weighted by molar-refractivity contribution is 9.10. The third-order valence-corrected chi connectivity index (χ3v) is 4.49. The molecule has 0 fully saturated rings. The Morgan fingerprint density at radius 2 is 1.67 bits per heavy atom. The van der Waals surface area contributed by atoms with E-state index in [0.29, 0.717) is 12.4 Å². The molecule has 0 aliphatic heterocycles. The fourth-order valence-corrected chi connectivity index (χ4v) is 3.06. The van der Waals surface area contributed by atoms with Crippen LogP contribution in [0.4, 0.5) is 0 Å². The fourth-order valence-electron chi connectivity index (χ4n) is 2.60. The molecule has 0 radical (unpaired) electrons. The van der Waals surface area contributed by atoms with Gasteiger partial charge in [0.25, 0.3) is 0 Å². The molecule has 0 aliphatic carbocycles. The second-order valence-corrected chi connectivity index (χ2v) is 6.59. The zero-order valence-electron chi connectivity index (χ0n) is 14.9. The van der Waals surface area contributed by atoms with E-state index in [1.165, 1.54) is 6.08 Å². The molecule has 0 saturated carbocycles. The molecule has 0 heterocycles. The van der Waals surface area contributed by atoms with Gasteiger partial charge in [-0.15, -0.1) is 0 Å². The van der Waals surface area contributed by atoms with E-state index in [1.807, 2.05) is 73.7 Å². The highest BCUT2D eigenvalue weighted by atomic mass is 79.9. The van der Waals surface area contributed by atoms with Gasteiger partial charge in [-0.2, -0.15) is 0 Å². The van der Waals surface area contributed by atoms with Crippen LogP contribution >= 0.6 is 15.9 Å². The zero-order chi connectivity index (χ0) is 19.1. The summed E-state index contributed by atoms with van der Waals surface area (Å²) in [5, 5.41) is 0. The van der Waals surface area contributed by atoms with Crippen molar-refractivity contribution in [3.05, 3.63) is 88.9 Å². The second kappa shape index (κ2) is 9.19. The van der Waals surface area contributed by atoms with E-state index in [1.54, 1.807) is 12.1 Å². The van der Waals surface area contributed by atoms with Crippen LogP contribution in [-0.2, 0) is 4.79 Å². The second-order valence-electron chi connectivity index (χ2n) is 5.74. The van der Waals surface area contributed by atoms with E-state index < -0.39 is 5.97 Å². The van der Waals surface area contributed by atoms with Gasteiger partial charge in [0.1, 0.15) is 11.5 Å². The van der Waals surface area contributed by atoms with Crippen molar-refractivity contribution < 1.29 is 14.3 Å². The number of benzene rings is 3. The highest BCUT2D eigenvalue weighted by Crippen LogP contribution is 2.31. The summed E-state index contributed by atoms with van der Waals surface area (Å²) in [6.45, 7) is 2.49. The Kier molecular flexibility index (Phi) is 6.44. The minimum Gasteiger partial charge on any atom is -0.493 e. The summed E-state index contributed by atoms with van der Waals surface area (Å²) in [4.78, 5) is 12.2. The van der Waals surface area contributed by atoms with Gasteiger partial charge in [-0.3, -0.25) is 0 Å². The highest BCUT2D eigenvalue weighted by Gasteiger charge is 2.08. The van der Waals surface area contributed by atoms with Gasteiger partial charge in [0.15, 0.2) is 0 Å². The lowest BCUT2D eigenvalue weighted by Gasteiger charge is -2.08. The van der Waals surface area contributed by atoms with Crippen molar-refractivity contribution in [2.45, 2.75) is 6.92 Å². The van der Waals surface area contributed by atoms with E-state index in [0.717, 1.165) is 26.9 Å². The van der Waals surface area contributed by atoms with Gasteiger partial charge in [0.05, 0.1) is 11.1 Å². The monoisotopic (exact) mass is 422 g/mol.